The third-order valence-electron chi connectivity index (χ3n) is 4.59. The Bertz CT molecular complexity index is 560. The van der Waals surface area contributed by atoms with E-state index in [4.69, 9.17) is 21.1 Å². The van der Waals surface area contributed by atoms with E-state index in [9.17, 15) is 9.90 Å². The molecule has 0 bridgehead atoms. The summed E-state index contributed by atoms with van der Waals surface area (Å²) in [5.41, 5.74) is 1.01. The number of aromatic carboxylic acids is 1. The van der Waals surface area contributed by atoms with Crippen molar-refractivity contribution in [2.75, 3.05) is 26.4 Å². The minimum Gasteiger partial charge on any atom is -0.478 e. The van der Waals surface area contributed by atoms with Gasteiger partial charge in [-0.2, -0.15) is 0 Å². The summed E-state index contributed by atoms with van der Waals surface area (Å²) in [6.45, 7) is 3.70. The Kier molecular flexibility index (Phi) is 5.54. The fourth-order valence-corrected chi connectivity index (χ4v) is 3.60. The van der Waals surface area contributed by atoms with Crippen LogP contribution in [0.2, 0.25) is 5.02 Å². The van der Waals surface area contributed by atoms with Gasteiger partial charge in [-0.05, 0) is 30.9 Å². The lowest BCUT2D eigenvalue weighted by atomic mass is 10.0. The van der Waals surface area contributed by atoms with Crippen LogP contribution < -0.4 is 0 Å². The van der Waals surface area contributed by atoms with Crippen LogP contribution in [-0.2, 0) is 16.0 Å². The van der Waals surface area contributed by atoms with Crippen molar-refractivity contribution in [1.82, 2.24) is 4.90 Å². The average Bonchev–Trinajstić information content (AvgIpc) is 3.04. The molecule has 23 heavy (non-hydrogen) atoms. The van der Waals surface area contributed by atoms with Gasteiger partial charge in [0.1, 0.15) is 0 Å². The lowest BCUT2D eigenvalue weighted by molar-refractivity contribution is -0.0329. The first kappa shape index (κ1) is 16.7. The second kappa shape index (κ2) is 7.62. The molecule has 2 atom stereocenters. The number of halogens is 1. The molecular weight excluding hydrogens is 318 g/mol. The van der Waals surface area contributed by atoms with Crippen molar-refractivity contribution in [2.24, 2.45) is 0 Å². The molecule has 0 radical (unpaired) electrons. The lowest BCUT2D eigenvalue weighted by Gasteiger charge is -2.37. The number of carboxylic acid groups (broad SMARTS) is 1. The van der Waals surface area contributed by atoms with Gasteiger partial charge in [0.25, 0.3) is 0 Å². The number of rotatable bonds is 5. The average molecular weight is 340 g/mol. The first-order valence-electron chi connectivity index (χ1n) is 8.09. The third-order valence-corrected chi connectivity index (χ3v) is 5.04. The number of carboxylic acids is 1. The second-order valence-corrected chi connectivity index (χ2v) is 6.53. The minimum atomic E-state index is -0.991. The molecular formula is C17H22ClNO4. The van der Waals surface area contributed by atoms with Gasteiger partial charge in [-0.3, -0.25) is 4.90 Å². The number of nitrogens with zero attached hydrogens (tertiary/aromatic N) is 1. The van der Waals surface area contributed by atoms with E-state index in [-0.39, 0.29) is 11.6 Å². The van der Waals surface area contributed by atoms with Crippen LogP contribution in [-0.4, -0.2) is 54.5 Å². The highest BCUT2D eigenvalue weighted by Gasteiger charge is 2.28. The molecule has 126 valence electrons. The van der Waals surface area contributed by atoms with Crippen molar-refractivity contribution in [3.63, 3.8) is 0 Å². The monoisotopic (exact) mass is 339 g/mol. The van der Waals surface area contributed by atoms with Crippen molar-refractivity contribution in [2.45, 2.75) is 38.0 Å². The topological polar surface area (TPSA) is 59.0 Å². The molecule has 5 nitrogen and oxygen atoms in total. The SMILES string of the molecule is O=C(O)c1cccc(CN2CCOCC2CC2CCCO2)c1Cl. The predicted molar refractivity (Wildman–Crippen MR) is 87.0 cm³/mol. The highest BCUT2D eigenvalue weighted by molar-refractivity contribution is 6.34. The van der Waals surface area contributed by atoms with Crippen LogP contribution in [0.5, 0.6) is 0 Å². The van der Waals surface area contributed by atoms with Gasteiger partial charge in [-0.1, -0.05) is 23.7 Å². The molecule has 0 spiro atoms. The Morgan fingerprint density at radius 1 is 1.39 bits per heavy atom. The molecule has 2 unspecified atom stereocenters. The number of morpholine rings is 1. The largest absolute Gasteiger partial charge is 0.478 e. The number of hydrogen-bond acceptors (Lipinski definition) is 4. The fraction of sp³-hybridized carbons (Fsp3) is 0.588. The zero-order chi connectivity index (χ0) is 16.2. The van der Waals surface area contributed by atoms with Gasteiger partial charge < -0.3 is 14.6 Å². The number of benzene rings is 1. The molecule has 2 aliphatic heterocycles. The third kappa shape index (κ3) is 4.04. The normalized spacial score (nSPS) is 25.6. The zero-order valence-corrected chi connectivity index (χ0v) is 13.8. The van der Waals surface area contributed by atoms with Gasteiger partial charge >= 0.3 is 5.97 Å². The summed E-state index contributed by atoms with van der Waals surface area (Å²) in [4.78, 5) is 13.6. The van der Waals surface area contributed by atoms with E-state index in [1.807, 2.05) is 6.07 Å². The molecule has 0 aliphatic carbocycles. The molecule has 1 aromatic rings. The fourth-order valence-electron chi connectivity index (χ4n) is 3.33. The Morgan fingerprint density at radius 2 is 2.26 bits per heavy atom. The van der Waals surface area contributed by atoms with Crippen LogP contribution in [0.3, 0.4) is 0 Å². The van der Waals surface area contributed by atoms with Gasteiger partial charge in [-0.15, -0.1) is 0 Å². The van der Waals surface area contributed by atoms with Crippen LogP contribution in [0.1, 0.15) is 35.2 Å². The Balaban J connectivity index is 1.71. The Labute approximate surface area is 141 Å². The summed E-state index contributed by atoms with van der Waals surface area (Å²) >= 11 is 6.28. The summed E-state index contributed by atoms with van der Waals surface area (Å²) in [5, 5.41) is 9.54. The van der Waals surface area contributed by atoms with Crippen molar-refractivity contribution in [3.05, 3.63) is 34.3 Å². The van der Waals surface area contributed by atoms with Crippen LogP contribution >= 0.6 is 11.6 Å². The van der Waals surface area contributed by atoms with E-state index in [0.717, 1.165) is 38.0 Å². The molecule has 0 saturated carbocycles. The summed E-state index contributed by atoms with van der Waals surface area (Å²) in [5.74, 6) is -0.991. The maximum atomic E-state index is 11.2. The van der Waals surface area contributed by atoms with E-state index in [1.54, 1.807) is 6.07 Å². The van der Waals surface area contributed by atoms with Gasteiger partial charge in [0.05, 0.1) is 29.9 Å². The standard InChI is InChI=1S/C17H22ClNO4/c18-16-12(3-1-5-15(16)17(20)21)10-19-6-8-22-11-13(19)9-14-4-2-7-23-14/h1,3,5,13-14H,2,4,6-11H2,(H,20,21). The quantitative estimate of drug-likeness (QED) is 0.894. The minimum absolute atomic E-state index is 0.160. The number of ether oxygens (including phenoxy) is 2. The Hall–Kier alpha value is -1.14. The molecule has 0 amide bonds. The van der Waals surface area contributed by atoms with Crippen molar-refractivity contribution in [3.8, 4) is 0 Å². The summed E-state index contributed by atoms with van der Waals surface area (Å²) in [7, 11) is 0. The summed E-state index contributed by atoms with van der Waals surface area (Å²) < 4.78 is 11.4. The maximum Gasteiger partial charge on any atom is 0.337 e. The van der Waals surface area contributed by atoms with Gasteiger partial charge in [0.2, 0.25) is 0 Å². The van der Waals surface area contributed by atoms with Crippen LogP contribution in [0.4, 0.5) is 0 Å². The molecule has 2 saturated heterocycles. The predicted octanol–water partition coefficient (Wildman–Crippen LogP) is 2.81. The molecule has 0 aromatic heterocycles. The first-order valence-corrected chi connectivity index (χ1v) is 8.47. The van der Waals surface area contributed by atoms with Crippen LogP contribution in [0.15, 0.2) is 18.2 Å². The van der Waals surface area contributed by atoms with Crippen LogP contribution in [0.25, 0.3) is 0 Å². The zero-order valence-electron chi connectivity index (χ0n) is 13.0. The van der Waals surface area contributed by atoms with E-state index < -0.39 is 5.97 Å². The smallest absolute Gasteiger partial charge is 0.337 e. The van der Waals surface area contributed by atoms with Crippen molar-refractivity contribution < 1.29 is 19.4 Å². The Morgan fingerprint density at radius 3 is 3.00 bits per heavy atom. The van der Waals surface area contributed by atoms with E-state index in [2.05, 4.69) is 4.90 Å². The van der Waals surface area contributed by atoms with E-state index in [0.29, 0.717) is 30.9 Å². The van der Waals surface area contributed by atoms with Gasteiger partial charge in [-0.25, -0.2) is 4.79 Å². The van der Waals surface area contributed by atoms with Crippen LogP contribution in [0, 0.1) is 0 Å². The summed E-state index contributed by atoms with van der Waals surface area (Å²) in [6.07, 6.45) is 3.51. The maximum absolute atomic E-state index is 11.2. The second-order valence-electron chi connectivity index (χ2n) is 6.15. The van der Waals surface area contributed by atoms with Gasteiger partial charge in [0.15, 0.2) is 0 Å². The molecule has 2 fully saturated rings. The highest BCUT2D eigenvalue weighted by Crippen LogP contribution is 2.26. The van der Waals surface area contributed by atoms with Gasteiger partial charge in [0, 0.05) is 25.7 Å². The highest BCUT2D eigenvalue weighted by atomic mass is 35.5. The molecule has 6 heteroatoms. The van der Waals surface area contributed by atoms with E-state index in [1.165, 1.54) is 6.07 Å². The van der Waals surface area contributed by atoms with Crippen molar-refractivity contribution >= 4 is 17.6 Å². The number of carbonyl (C=O) groups is 1. The summed E-state index contributed by atoms with van der Waals surface area (Å²) in [6, 6.07) is 5.47. The lowest BCUT2D eigenvalue weighted by Crippen LogP contribution is -2.46. The van der Waals surface area contributed by atoms with Crippen molar-refractivity contribution in [1.29, 1.82) is 0 Å². The molecule has 1 N–H and O–H groups in total. The molecule has 2 aliphatic rings. The molecule has 3 rings (SSSR count). The van der Waals surface area contributed by atoms with E-state index >= 15 is 0 Å². The first-order chi connectivity index (χ1) is 11.1. The number of hydrogen-bond donors (Lipinski definition) is 1. The molecule has 2 heterocycles. The molecule has 1 aromatic carbocycles.